The van der Waals surface area contributed by atoms with Crippen LogP contribution >= 0.6 is 0 Å². The smallest absolute Gasteiger partial charge is 0.248 e. The van der Waals surface area contributed by atoms with Crippen molar-refractivity contribution in [3.8, 4) is 11.8 Å². The van der Waals surface area contributed by atoms with Gasteiger partial charge in [0.1, 0.15) is 12.4 Å². The maximum atomic E-state index is 10.9. The predicted octanol–water partition coefficient (Wildman–Crippen LogP) is 1.32. The van der Waals surface area contributed by atoms with Crippen molar-refractivity contribution in [1.82, 2.24) is 0 Å². The first kappa shape index (κ1) is 11.1. The number of carbonyl (C=O) groups is 1. The Morgan fingerprint density at radius 2 is 2.40 bits per heavy atom. The highest BCUT2D eigenvalue weighted by Gasteiger charge is 2.04. The Balaban J connectivity index is 2.67. The Bertz CT molecular complexity index is 396. The summed E-state index contributed by atoms with van der Waals surface area (Å²) in [6.45, 7) is 2.07. The minimum absolute atomic E-state index is 0.178. The Kier molecular flexibility index (Phi) is 3.69. The fourth-order valence-corrected chi connectivity index (χ4v) is 0.998. The van der Waals surface area contributed by atoms with Gasteiger partial charge in [-0.2, -0.15) is 5.26 Å². The van der Waals surface area contributed by atoms with E-state index in [2.05, 4.69) is 6.07 Å². The maximum Gasteiger partial charge on any atom is 0.248 e. The van der Waals surface area contributed by atoms with Gasteiger partial charge < -0.3 is 10.5 Å². The van der Waals surface area contributed by atoms with Gasteiger partial charge in [-0.15, -0.1) is 0 Å². The first-order valence-electron chi connectivity index (χ1n) is 4.55. The van der Waals surface area contributed by atoms with Crippen LogP contribution in [0.15, 0.2) is 24.3 Å². The molecule has 1 unspecified atom stereocenters. The first-order valence-corrected chi connectivity index (χ1v) is 4.55. The molecular weight excluding hydrogens is 192 g/mol. The fourth-order valence-electron chi connectivity index (χ4n) is 0.998. The van der Waals surface area contributed by atoms with E-state index in [1.54, 1.807) is 31.2 Å². The van der Waals surface area contributed by atoms with E-state index < -0.39 is 5.91 Å². The van der Waals surface area contributed by atoms with Crippen LogP contribution in [0.25, 0.3) is 0 Å². The van der Waals surface area contributed by atoms with Crippen molar-refractivity contribution in [3.63, 3.8) is 0 Å². The molecule has 4 nitrogen and oxygen atoms in total. The van der Waals surface area contributed by atoms with E-state index in [0.717, 1.165) is 0 Å². The highest BCUT2D eigenvalue weighted by molar-refractivity contribution is 5.93. The van der Waals surface area contributed by atoms with Gasteiger partial charge in [0.15, 0.2) is 0 Å². The third kappa shape index (κ3) is 3.31. The van der Waals surface area contributed by atoms with E-state index in [0.29, 0.717) is 17.9 Å². The summed E-state index contributed by atoms with van der Waals surface area (Å²) in [4.78, 5) is 10.9. The van der Waals surface area contributed by atoms with Crippen LogP contribution in [-0.4, -0.2) is 12.5 Å². The number of nitrogens with zero attached hydrogens (tertiary/aromatic N) is 1. The number of benzene rings is 1. The summed E-state index contributed by atoms with van der Waals surface area (Å²) in [6, 6.07) is 8.64. The zero-order valence-electron chi connectivity index (χ0n) is 8.43. The summed E-state index contributed by atoms with van der Waals surface area (Å²) in [5, 5.41) is 8.55. The first-order chi connectivity index (χ1) is 7.13. The van der Waals surface area contributed by atoms with Crippen LogP contribution in [0.1, 0.15) is 17.3 Å². The van der Waals surface area contributed by atoms with Gasteiger partial charge in [-0.1, -0.05) is 6.07 Å². The van der Waals surface area contributed by atoms with E-state index in [4.69, 9.17) is 15.7 Å². The molecule has 1 aromatic carbocycles. The van der Waals surface area contributed by atoms with Crippen molar-refractivity contribution in [2.75, 3.05) is 6.61 Å². The van der Waals surface area contributed by atoms with Crippen molar-refractivity contribution >= 4 is 5.91 Å². The highest BCUT2D eigenvalue weighted by Crippen LogP contribution is 2.13. The van der Waals surface area contributed by atoms with Gasteiger partial charge in [-0.05, 0) is 25.1 Å². The molecule has 0 aliphatic carbocycles. The number of ether oxygens (including phenoxy) is 1. The lowest BCUT2D eigenvalue weighted by Crippen LogP contribution is -2.11. The molecule has 0 aromatic heterocycles. The topological polar surface area (TPSA) is 76.1 Å². The summed E-state index contributed by atoms with van der Waals surface area (Å²) >= 11 is 0. The molecule has 78 valence electrons. The molecule has 2 N–H and O–H groups in total. The molecule has 15 heavy (non-hydrogen) atoms. The number of rotatable bonds is 4. The van der Waals surface area contributed by atoms with Gasteiger partial charge in [-0.3, -0.25) is 4.79 Å². The standard InChI is InChI=1S/C11H12N2O2/c1-8(6-12)7-15-10-4-2-3-9(5-10)11(13)14/h2-5,8H,7H2,1H3,(H2,13,14). The molecule has 0 spiro atoms. The summed E-state index contributed by atoms with van der Waals surface area (Å²) in [6.07, 6.45) is 0. The molecule has 0 saturated carbocycles. The molecule has 0 saturated heterocycles. The number of primary amides is 1. The number of nitrogens with two attached hydrogens (primary N) is 1. The van der Waals surface area contributed by atoms with Crippen LogP contribution < -0.4 is 10.5 Å². The van der Waals surface area contributed by atoms with Gasteiger partial charge in [0.25, 0.3) is 0 Å². The fraction of sp³-hybridized carbons (Fsp3) is 0.273. The van der Waals surface area contributed by atoms with E-state index in [1.165, 1.54) is 0 Å². The van der Waals surface area contributed by atoms with Crippen molar-refractivity contribution in [2.45, 2.75) is 6.92 Å². The molecule has 0 heterocycles. The third-order valence-electron chi connectivity index (χ3n) is 1.84. The SMILES string of the molecule is CC(C#N)COc1cccc(C(N)=O)c1. The van der Waals surface area contributed by atoms with E-state index >= 15 is 0 Å². The molecule has 1 rings (SSSR count). The van der Waals surface area contributed by atoms with Crippen molar-refractivity contribution in [1.29, 1.82) is 5.26 Å². The monoisotopic (exact) mass is 204 g/mol. The molecule has 1 atom stereocenters. The van der Waals surface area contributed by atoms with Crippen LogP contribution in [-0.2, 0) is 0 Å². The quantitative estimate of drug-likeness (QED) is 0.803. The average molecular weight is 204 g/mol. The molecule has 1 aromatic rings. The van der Waals surface area contributed by atoms with Crippen molar-refractivity contribution in [3.05, 3.63) is 29.8 Å². The molecule has 1 amide bonds. The summed E-state index contributed by atoms with van der Waals surface area (Å²) in [7, 11) is 0. The minimum Gasteiger partial charge on any atom is -0.492 e. The van der Waals surface area contributed by atoms with Crippen LogP contribution in [0.5, 0.6) is 5.75 Å². The summed E-state index contributed by atoms with van der Waals surface area (Å²) in [5.74, 6) is -0.121. The molecule has 0 fully saturated rings. The number of nitriles is 1. The summed E-state index contributed by atoms with van der Waals surface area (Å²) < 4.78 is 5.32. The van der Waals surface area contributed by atoms with E-state index in [-0.39, 0.29) is 5.92 Å². The zero-order chi connectivity index (χ0) is 11.3. The number of amides is 1. The average Bonchev–Trinajstić information content (AvgIpc) is 2.26. The lowest BCUT2D eigenvalue weighted by molar-refractivity contribution is 0.1000. The number of hydrogen-bond donors (Lipinski definition) is 1. The largest absolute Gasteiger partial charge is 0.492 e. The highest BCUT2D eigenvalue weighted by atomic mass is 16.5. The summed E-state index contributed by atoms with van der Waals surface area (Å²) in [5.41, 5.74) is 5.52. The Morgan fingerprint density at radius 3 is 3.00 bits per heavy atom. The van der Waals surface area contributed by atoms with Crippen molar-refractivity contribution in [2.24, 2.45) is 11.7 Å². The molecule has 0 bridgehead atoms. The van der Waals surface area contributed by atoms with Crippen molar-refractivity contribution < 1.29 is 9.53 Å². The lowest BCUT2D eigenvalue weighted by atomic mass is 10.2. The van der Waals surface area contributed by atoms with Crippen LogP contribution in [0, 0.1) is 17.2 Å². The molecule has 0 aliphatic rings. The second-order valence-corrected chi connectivity index (χ2v) is 3.23. The second-order valence-electron chi connectivity index (χ2n) is 3.23. The molecule has 0 radical (unpaired) electrons. The normalized spacial score (nSPS) is 11.5. The van der Waals surface area contributed by atoms with Crippen LogP contribution in [0.4, 0.5) is 0 Å². The van der Waals surface area contributed by atoms with Gasteiger partial charge in [0.2, 0.25) is 5.91 Å². The number of carbonyl (C=O) groups excluding carboxylic acids is 1. The van der Waals surface area contributed by atoms with E-state index in [1.807, 2.05) is 0 Å². The second kappa shape index (κ2) is 5.01. The Hall–Kier alpha value is -2.02. The minimum atomic E-state index is -0.492. The molecule has 0 aliphatic heterocycles. The Morgan fingerprint density at radius 1 is 1.67 bits per heavy atom. The Labute approximate surface area is 88.3 Å². The molecular formula is C11H12N2O2. The third-order valence-corrected chi connectivity index (χ3v) is 1.84. The van der Waals surface area contributed by atoms with Crippen LogP contribution in [0.2, 0.25) is 0 Å². The van der Waals surface area contributed by atoms with Gasteiger partial charge in [0.05, 0.1) is 12.0 Å². The van der Waals surface area contributed by atoms with Gasteiger partial charge in [0, 0.05) is 5.56 Å². The van der Waals surface area contributed by atoms with Gasteiger partial charge in [-0.25, -0.2) is 0 Å². The maximum absolute atomic E-state index is 10.9. The van der Waals surface area contributed by atoms with Crippen LogP contribution in [0.3, 0.4) is 0 Å². The lowest BCUT2D eigenvalue weighted by Gasteiger charge is -2.07. The van der Waals surface area contributed by atoms with E-state index in [9.17, 15) is 4.79 Å². The van der Waals surface area contributed by atoms with Gasteiger partial charge >= 0.3 is 0 Å². The number of hydrogen-bond acceptors (Lipinski definition) is 3. The zero-order valence-corrected chi connectivity index (χ0v) is 8.43. The molecule has 4 heteroatoms. The predicted molar refractivity (Wildman–Crippen MR) is 55.2 cm³/mol.